The Hall–Kier alpha value is -1.58. The van der Waals surface area contributed by atoms with Gasteiger partial charge in [-0.05, 0) is 31.9 Å². The quantitative estimate of drug-likeness (QED) is 0.759. The Morgan fingerprint density at radius 2 is 2.17 bits per heavy atom. The van der Waals surface area contributed by atoms with Gasteiger partial charge in [0.05, 0.1) is 6.61 Å². The SMILES string of the molecule is CCC(C)NC(=O)CCCOc1ccccc1F. The summed E-state index contributed by atoms with van der Waals surface area (Å²) in [6, 6.07) is 6.46. The van der Waals surface area contributed by atoms with Crippen molar-refractivity contribution in [2.24, 2.45) is 0 Å². The van der Waals surface area contributed by atoms with Crippen molar-refractivity contribution < 1.29 is 13.9 Å². The molecule has 0 heterocycles. The van der Waals surface area contributed by atoms with Crippen LogP contribution >= 0.6 is 0 Å². The molecular weight excluding hydrogens is 233 g/mol. The number of ether oxygens (including phenoxy) is 1. The zero-order chi connectivity index (χ0) is 13.4. The Kier molecular flexibility index (Phi) is 6.19. The minimum absolute atomic E-state index is 0.0153. The molecule has 0 fully saturated rings. The summed E-state index contributed by atoms with van der Waals surface area (Å²) in [5.74, 6) is -0.122. The van der Waals surface area contributed by atoms with Gasteiger partial charge in [-0.2, -0.15) is 0 Å². The summed E-state index contributed by atoms with van der Waals surface area (Å²) >= 11 is 0. The molecule has 0 spiro atoms. The molecule has 18 heavy (non-hydrogen) atoms. The molecule has 1 rings (SSSR count). The predicted octanol–water partition coefficient (Wildman–Crippen LogP) is 2.90. The van der Waals surface area contributed by atoms with Gasteiger partial charge in [0.15, 0.2) is 11.6 Å². The lowest BCUT2D eigenvalue weighted by Gasteiger charge is -2.11. The van der Waals surface area contributed by atoms with Crippen LogP contribution in [0, 0.1) is 5.82 Å². The van der Waals surface area contributed by atoms with E-state index in [-0.39, 0.29) is 23.5 Å². The topological polar surface area (TPSA) is 38.3 Å². The molecule has 1 unspecified atom stereocenters. The highest BCUT2D eigenvalue weighted by Gasteiger charge is 2.06. The fourth-order valence-corrected chi connectivity index (χ4v) is 1.43. The lowest BCUT2D eigenvalue weighted by Crippen LogP contribution is -2.31. The molecule has 0 aromatic heterocycles. The van der Waals surface area contributed by atoms with Crippen LogP contribution in [0.25, 0.3) is 0 Å². The van der Waals surface area contributed by atoms with Crippen LogP contribution in [0.4, 0.5) is 4.39 Å². The molecule has 1 aromatic carbocycles. The molecule has 3 nitrogen and oxygen atoms in total. The van der Waals surface area contributed by atoms with Crippen molar-refractivity contribution >= 4 is 5.91 Å². The summed E-state index contributed by atoms with van der Waals surface area (Å²) in [4.78, 5) is 11.4. The highest BCUT2D eigenvalue weighted by Crippen LogP contribution is 2.15. The van der Waals surface area contributed by atoms with Gasteiger partial charge in [-0.1, -0.05) is 19.1 Å². The van der Waals surface area contributed by atoms with E-state index in [1.807, 2.05) is 13.8 Å². The molecule has 0 saturated carbocycles. The molecule has 0 saturated heterocycles. The van der Waals surface area contributed by atoms with E-state index in [2.05, 4.69) is 5.32 Å². The minimum Gasteiger partial charge on any atom is -0.491 e. The number of hydrogen-bond acceptors (Lipinski definition) is 2. The highest BCUT2D eigenvalue weighted by atomic mass is 19.1. The number of rotatable bonds is 7. The third-order valence-corrected chi connectivity index (χ3v) is 2.66. The lowest BCUT2D eigenvalue weighted by atomic mass is 10.2. The smallest absolute Gasteiger partial charge is 0.220 e. The van der Waals surface area contributed by atoms with Crippen molar-refractivity contribution in [1.29, 1.82) is 0 Å². The van der Waals surface area contributed by atoms with Gasteiger partial charge < -0.3 is 10.1 Å². The maximum atomic E-state index is 13.2. The summed E-state index contributed by atoms with van der Waals surface area (Å²) in [6.45, 7) is 4.33. The van der Waals surface area contributed by atoms with Crippen LogP contribution in [-0.2, 0) is 4.79 Å². The molecule has 1 N–H and O–H groups in total. The Balaban J connectivity index is 2.19. The van der Waals surface area contributed by atoms with Crippen LogP contribution in [0.2, 0.25) is 0 Å². The molecule has 0 aliphatic rings. The molecule has 1 atom stereocenters. The first-order valence-electron chi connectivity index (χ1n) is 6.30. The molecule has 100 valence electrons. The maximum Gasteiger partial charge on any atom is 0.220 e. The second-order valence-electron chi connectivity index (χ2n) is 4.26. The van der Waals surface area contributed by atoms with Crippen molar-refractivity contribution in [3.05, 3.63) is 30.1 Å². The van der Waals surface area contributed by atoms with Gasteiger partial charge >= 0.3 is 0 Å². The Morgan fingerprint density at radius 3 is 2.83 bits per heavy atom. The molecule has 0 bridgehead atoms. The number of carbonyl (C=O) groups is 1. The number of benzene rings is 1. The van der Waals surface area contributed by atoms with E-state index < -0.39 is 0 Å². The monoisotopic (exact) mass is 253 g/mol. The number of halogens is 1. The van der Waals surface area contributed by atoms with E-state index in [1.165, 1.54) is 6.07 Å². The van der Waals surface area contributed by atoms with Crippen molar-refractivity contribution in [2.45, 2.75) is 39.2 Å². The van der Waals surface area contributed by atoms with Crippen LogP contribution in [0.15, 0.2) is 24.3 Å². The second kappa shape index (κ2) is 7.69. The van der Waals surface area contributed by atoms with E-state index >= 15 is 0 Å². The summed E-state index contributed by atoms with van der Waals surface area (Å²) in [6.07, 6.45) is 1.90. The van der Waals surface area contributed by atoms with E-state index in [9.17, 15) is 9.18 Å². The Bertz CT molecular complexity index is 382. The molecule has 1 aromatic rings. The summed E-state index contributed by atoms with van der Waals surface area (Å²) in [5.41, 5.74) is 0. The van der Waals surface area contributed by atoms with Gasteiger partial charge in [0.1, 0.15) is 0 Å². The number of carbonyl (C=O) groups excluding carboxylic acids is 1. The molecule has 0 radical (unpaired) electrons. The van der Waals surface area contributed by atoms with Crippen molar-refractivity contribution in [3.8, 4) is 5.75 Å². The number of nitrogens with one attached hydrogen (secondary N) is 1. The summed E-state index contributed by atoms with van der Waals surface area (Å²) in [7, 11) is 0. The highest BCUT2D eigenvalue weighted by molar-refractivity contribution is 5.76. The molecule has 0 aliphatic heterocycles. The largest absolute Gasteiger partial charge is 0.491 e. The Labute approximate surface area is 107 Å². The van der Waals surface area contributed by atoms with E-state index in [4.69, 9.17) is 4.74 Å². The van der Waals surface area contributed by atoms with Crippen molar-refractivity contribution in [3.63, 3.8) is 0 Å². The molecular formula is C14H20FNO2. The normalized spacial score (nSPS) is 11.9. The maximum absolute atomic E-state index is 13.2. The van der Waals surface area contributed by atoms with Crippen LogP contribution in [0.5, 0.6) is 5.75 Å². The summed E-state index contributed by atoms with van der Waals surface area (Å²) in [5, 5.41) is 2.87. The Morgan fingerprint density at radius 1 is 1.44 bits per heavy atom. The number of para-hydroxylation sites is 1. The van der Waals surface area contributed by atoms with Gasteiger partial charge in [-0.25, -0.2) is 4.39 Å². The molecule has 0 aliphatic carbocycles. The van der Waals surface area contributed by atoms with E-state index in [1.54, 1.807) is 18.2 Å². The molecule has 4 heteroatoms. The predicted molar refractivity (Wildman–Crippen MR) is 69.0 cm³/mol. The average Bonchev–Trinajstić information content (AvgIpc) is 2.36. The molecule has 1 amide bonds. The van der Waals surface area contributed by atoms with Gasteiger partial charge in [0.2, 0.25) is 5.91 Å². The van der Waals surface area contributed by atoms with E-state index in [0.29, 0.717) is 19.4 Å². The second-order valence-corrected chi connectivity index (χ2v) is 4.26. The fraction of sp³-hybridized carbons (Fsp3) is 0.500. The van der Waals surface area contributed by atoms with Crippen LogP contribution < -0.4 is 10.1 Å². The minimum atomic E-state index is -0.374. The standard InChI is InChI=1S/C14H20FNO2/c1-3-11(2)16-14(17)9-6-10-18-13-8-5-4-7-12(13)15/h4-5,7-8,11H,3,6,9-10H2,1-2H3,(H,16,17). The van der Waals surface area contributed by atoms with Crippen molar-refractivity contribution in [1.82, 2.24) is 5.32 Å². The first-order valence-corrected chi connectivity index (χ1v) is 6.30. The average molecular weight is 253 g/mol. The first kappa shape index (κ1) is 14.5. The lowest BCUT2D eigenvalue weighted by molar-refractivity contribution is -0.121. The first-order chi connectivity index (χ1) is 8.63. The van der Waals surface area contributed by atoms with Gasteiger partial charge in [-0.15, -0.1) is 0 Å². The third-order valence-electron chi connectivity index (χ3n) is 2.66. The fourth-order valence-electron chi connectivity index (χ4n) is 1.43. The zero-order valence-electron chi connectivity index (χ0n) is 10.9. The van der Waals surface area contributed by atoms with E-state index in [0.717, 1.165) is 6.42 Å². The van der Waals surface area contributed by atoms with Gasteiger partial charge in [0.25, 0.3) is 0 Å². The van der Waals surface area contributed by atoms with Gasteiger partial charge in [-0.3, -0.25) is 4.79 Å². The van der Waals surface area contributed by atoms with Crippen LogP contribution in [-0.4, -0.2) is 18.6 Å². The van der Waals surface area contributed by atoms with Crippen molar-refractivity contribution in [2.75, 3.05) is 6.61 Å². The number of amides is 1. The number of hydrogen-bond donors (Lipinski definition) is 1. The zero-order valence-corrected chi connectivity index (χ0v) is 10.9. The van der Waals surface area contributed by atoms with Crippen LogP contribution in [0.3, 0.4) is 0 Å². The third kappa shape index (κ3) is 5.17. The van der Waals surface area contributed by atoms with Crippen LogP contribution in [0.1, 0.15) is 33.1 Å². The van der Waals surface area contributed by atoms with Gasteiger partial charge in [0, 0.05) is 12.5 Å². The summed E-state index contributed by atoms with van der Waals surface area (Å²) < 4.78 is 18.5.